The molecule has 0 N–H and O–H groups in total. The second kappa shape index (κ2) is 3.04. The Hall–Kier alpha value is -0.530. The van der Waals surface area contributed by atoms with E-state index < -0.39 is 0 Å². The third-order valence-electron chi connectivity index (χ3n) is 1.25. The molecule has 2 heteroatoms. The summed E-state index contributed by atoms with van der Waals surface area (Å²) in [5.74, 6) is 0.134. The fraction of sp³-hybridized carbons (Fsp3) is 0.875. The van der Waals surface area contributed by atoms with Gasteiger partial charge in [0.2, 0.25) is 5.91 Å². The van der Waals surface area contributed by atoms with Crippen molar-refractivity contribution in [2.24, 2.45) is 5.41 Å². The van der Waals surface area contributed by atoms with Crippen LogP contribution >= 0.6 is 0 Å². The van der Waals surface area contributed by atoms with Gasteiger partial charge in [-0.05, 0) is 5.41 Å². The van der Waals surface area contributed by atoms with E-state index in [0.717, 1.165) is 6.54 Å². The van der Waals surface area contributed by atoms with Crippen LogP contribution < -0.4 is 0 Å². The molecule has 0 aliphatic rings. The van der Waals surface area contributed by atoms with Crippen molar-refractivity contribution in [2.45, 2.75) is 27.7 Å². The van der Waals surface area contributed by atoms with Gasteiger partial charge in [-0.15, -0.1) is 0 Å². The normalized spacial score (nSPS) is 11.3. The highest BCUT2D eigenvalue weighted by atomic mass is 16.2. The van der Waals surface area contributed by atoms with Crippen LogP contribution in [0.5, 0.6) is 0 Å². The van der Waals surface area contributed by atoms with Gasteiger partial charge in [-0.2, -0.15) is 0 Å². The summed E-state index contributed by atoms with van der Waals surface area (Å²) in [5, 5.41) is 0. The lowest BCUT2D eigenvalue weighted by atomic mass is 9.96. The maximum atomic E-state index is 10.7. The zero-order valence-electron chi connectivity index (χ0n) is 7.56. The number of hydrogen-bond acceptors (Lipinski definition) is 1. The van der Waals surface area contributed by atoms with Crippen molar-refractivity contribution in [2.75, 3.05) is 13.6 Å². The molecule has 0 aromatic carbocycles. The van der Waals surface area contributed by atoms with Gasteiger partial charge in [-0.1, -0.05) is 20.8 Å². The Bertz CT molecular complexity index is 124. The Labute approximate surface area is 63.2 Å². The molecular weight excluding hydrogens is 126 g/mol. The van der Waals surface area contributed by atoms with Gasteiger partial charge >= 0.3 is 0 Å². The van der Waals surface area contributed by atoms with Crippen LogP contribution in [0.3, 0.4) is 0 Å². The van der Waals surface area contributed by atoms with Crippen LogP contribution in [0, 0.1) is 5.41 Å². The quantitative estimate of drug-likeness (QED) is 0.545. The number of rotatable bonds is 1. The van der Waals surface area contributed by atoms with E-state index in [0.29, 0.717) is 0 Å². The first-order valence-electron chi connectivity index (χ1n) is 3.54. The number of carbonyl (C=O) groups is 1. The summed E-state index contributed by atoms with van der Waals surface area (Å²) in [6.07, 6.45) is 0. The summed E-state index contributed by atoms with van der Waals surface area (Å²) in [4.78, 5) is 12.5. The van der Waals surface area contributed by atoms with Gasteiger partial charge < -0.3 is 4.90 Å². The molecule has 0 rings (SSSR count). The molecular formula is C8H17NO. The Morgan fingerprint density at radius 1 is 1.40 bits per heavy atom. The monoisotopic (exact) mass is 143 g/mol. The summed E-state index contributed by atoms with van der Waals surface area (Å²) >= 11 is 0. The van der Waals surface area contributed by atoms with Crippen molar-refractivity contribution in [3.63, 3.8) is 0 Å². The average molecular weight is 143 g/mol. The highest BCUT2D eigenvalue weighted by molar-refractivity contribution is 5.72. The standard InChI is InChI=1S/C8H17NO/c1-7(10)9(5)6-8(2,3)4/h6H2,1-5H3. The zero-order valence-corrected chi connectivity index (χ0v) is 7.56. The van der Waals surface area contributed by atoms with Gasteiger partial charge in [0.1, 0.15) is 0 Å². The molecule has 1 amide bonds. The van der Waals surface area contributed by atoms with E-state index in [1.807, 2.05) is 7.05 Å². The van der Waals surface area contributed by atoms with Crippen molar-refractivity contribution >= 4 is 5.91 Å². The van der Waals surface area contributed by atoms with E-state index in [9.17, 15) is 4.79 Å². The molecule has 0 spiro atoms. The van der Waals surface area contributed by atoms with Gasteiger partial charge in [0, 0.05) is 20.5 Å². The summed E-state index contributed by atoms with van der Waals surface area (Å²) in [6.45, 7) is 8.76. The van der Waals surface area contributed by atoms with E-state index in [-0.39, 0.29) is 11.3 Å². The Kier molecular flexibility index (Phi) is 2.88. The molecule has 0 fully saturated rings. The zero-order chi connectivity index (χ0) is 8.36. The van der Waals surface area contributed by atoms with Gasteiger partial charge in [-0.25, -0.2) is 0 Å². The van der Waals surface area contributed by atoms with E-state index in [4.69, 9.17) is 0 Å². The number of nitrogens with zero attached hydrogens (tertiary/aromatic N) is 1. The minimum atomic E-state index is 0.134. The van der Waals surface area contributed by atoms with Crippen molar-refractivity contribution in [1.82, 2.24) is 4.90 Å². The van der Waals surface area contributed by atoms with Crippen LogP contribution in [0.4, 0.5) is 0 Å². The predicted octanol–water partition coefficient (Wildman–Crippen LogP) is 1.51. The summed E-state index contributed by atoms with van der Waals surface area (Å²) in [7, 11) is 1.83. The largest absolute Gasteiger partial charge is 0.345 e. The minimum absolute atomic E-state index is 0.134. The Morgan fingerprint density at radius 3 is 1.90 bits per heavy atom. The fourth-order valence-electron chi connectivity index (χ4n) is 0.823. The lowest BCUT2D eigenvalue weighted by molar-refractivity contribution is -0.128. The predicted molar refractivity (Wildman–Crippen MR) is 42.8 cm³/mol. The highest BCUT2D eigenvalue weighted by Crippen LogP contribution is 2.13. The fourth-order valence-corrected chi connectivity index (χ4v) is 0.823. The minimum Gasteiger partial charge on any atom is -0.345 e. The molecule has 0 atom stereocenters. The number of amides is 1. The van der Waals surface area contributed by atoms with E-state index in [1.54, 1.807) is 11.8 Å². The highest BCUT2D eigenvalue weighted by Gasteiger charge is 2.14. The van der Waals surface area contributed by atoms with Crippen molar-refractivity contribution in [3.8, 4) is 0 Å². The lowest BCUT2D eigenvalue weighted by Gasteiger charge is -2.25. The molecule has 0 bridgehead atoms. The first-order chi connectivity index (χ1) is 4.33. The number of carbonyl (C=O) groups excluding carboxylic acids is 1. The van der Waals surface area contributed by atoms with Gasteiger partial charge in [0.25, 0.3) is 0 Å². The second-order valence-electron chi connectivity index (χ2n) is 3.94. The molecule has 0 aromatic heterocycles. The molecule has 2 nitrogen and oxygen atoms in total. The van der Waals surface area contributed by atoms with Crippen molar-refractivity contribution in [3.05, 3.63) is 0 Å². The maximum absolute atomic E-state index is 10.7. The summed E-state index contributed by atoms with van der Waals surface area (Å²) in [5.41, 5.74) is 0.209. The molecule has 0 heterocycles. The van der Waals surface area contributed by atoms with Crippen LogP contribution in [0.1, 0.15) is 27.7 Å². The molecule has 0 aliphatic heterocycles. The molecule has 0 unspecified atom stereocenters. The summed E-state index contributed by atoms with van der Waals surface area (Å²) < 4.78 is 0. The molecule has 0 aromatic rings. The maximum Gasteiger partial charge on any atom is 0.219 e. The topological polar surface area (TPSA) is 20.3 Å². The first kappa shape index (κ1) is 9.47. The summed E-state index contributed by atoms with van der Waals surface area (Å²) in [6, 6.07) is 0. The molecule has 60 valence electrons. The first-order valence-corrected chi connectivity index (χ1v) is 3.54. The molecule has 0 saturated carbocycles. The second-order valence-corrected chi connectivity index (χ2v) is 3.94. The van der Waals surface area contributed by atoms with E-state index in [1.165, 1.54) is 0 Å². The van der Waals surface area contributed by atoms with Crippen molar-refractivity contribution in [1.29, 1.82) is 0 Å². The van der Waals surface area contributed by atoms with Crippen LogP contribution in [-0.2, 0) is 4.79 Å². The van der Waals surface area contributed by atoms with E-state index in [2.05, 4.69) is 20.8 Å². The average Bonchev–Trinajstić information content (AvgIpc) is 1.60. The van der Waals surface area contributed by atoms with E-state index >= 15 is 0 Å². The van der Waals surface area contributed by atoms with Crippen LogP contribution in [0.25, 0.3) is 0 Å². The SMILES string of the molecule is CC(=O)N(C)CC(C)(C)C. The Morgan fingerprint density at radius 2 is 1.80 bits per heavy atom. The third kappa shape index (κ3) is 4.36. The smallest absolute Gasteiger partial charge is 0.219 e. The van der Waals surface area contributed by atoms with Crippen LogP contribution in [0.2, 0.25) is 0 Å². The number of hydrogen-bond donors (Lipinski definition) is 0. The molecule has 0 saturated heterocycles. The Balaban J connectivity index is 3.80. The molecule has 10 heavy (non-hydrogen) atoms. The third-order valence-corrected chi connectivity index (χ3v) is 1.25. The van der Waals surface area contributed by atoms with Crippen molar-refractivity contribution < 1.29 is 4.79 Å². The lowest BCUT2D eigenvalue weighted by Crippen LogP contribution is -2.32. The molecule has 0 aliphatic carbocycles. The molecule has 0 radical (unpaired) electrons. The van der Waals surface area contributed by atoms with Gasteiger partial charge in [-0.3, -0.25) is 4.79 Å². The van der Waals surface area contributed by atoms with Crippen LogP contribution in [0.15, 0.2) is 0 Å². The van der Waals surface area contributed by atoms with Gasteiger partial charge in [0.05, 0.1) is 0 Å². The van der Waals surface area contributed by atoms with Crippen LogP contribution in [-0.4, -0.2) is 24.4 Å². The van der Waals surface area contributed by atoms with Gasteiger partial charge in [0.15, 0.2) is 0 Å².